The average Bonchev–Trinajstić information content (AvgIpc) is 3.33. The van der Waals surface area contributed by atoms with Crippen LogP contribution in [-0.2, 0) is 10.0 Å². The lowest BCUT2D eigenvalue weighted by atomic mass is 10.0. The molecule has 9 heteroatoms. The molecule has 0 aromatic heterocycles. The molecule has 1 aliphatic carbocycles. The number of fused-ring (bicyclic) bond motifs is 1. The third-order valence-corrected chi connectivity index (χ3v) is 8.91. The molecule has 1 aromatic carbocycles. The molecule has 1 saturated carbocycles. The Bertz CT molecular complexity index is 1070. The summed E-state index contributed by atoms with van der Waals surface area (Å²) in [5.41, 5.74) is 0.672. The number of nitrogens with one attached hydrogen (secondary N) is 1. The van der Waals surface area contributed by atoms with Crippen molar-refractivity contribution in [2.45, 2.75) is 82.9 Å². The minimum Gasteiger partial charge on any atom is -0.487 e. The van der Waals surface area contributed by atoms with E-state index in [1.807, 2.05) is 6.92 Å². The van der Waals surface area contributed by atoms with E-state index in [1.165, 1.54) is 10.4 Å². The fraction of sp³-hybridized carbons (Fsp3) is 0.667. The van der Waals surface area contributed by atoms with Crippen molar-refractivity contribution in [2.24, 2.45) is 11.8 Å². The first kappa shape index (κ1) is 28.3. The molecule has 3 rings (SSSR count). The van der Waals surface area contributed by atoms with Crippen molar-refractivity contribution in [3.8, 4) is 17.6 Å². The molecule has 2 aliphatic rings. The van der Waals surface area contributed by atoms with E-state index >= 15 is 0 Å². The Hall–Kier alpha value is -2.28. The van der Waals surface area contributed by atoms with Crippen molar-refractivity contribution in [3.05, 3.63) is 23.8 Å². The molecule has 1 aliphatic heterocycles. The molecule has 0 unspecified atom stereocenters. The van der Waals surface area contributed by atoms with Gasteiger partial charge in [0.2, 0.25) is 10.0 Å². The molecular weight excluding hydrogens is 478 g/mol. The molecule has 3 atom stereocenters. The number of aliphatic hydroxyl groups is 1. The highest BCUT2D eigenvalue weighted by molar-refractivity contribution is 7.89. The smallest absolute Gasteiger partial charge is 0.317 e. The SMILES string of the molecule is CC(C)CC#Cc1ccc2c(c1)O[C@@H](CN(C)C(=O)NC1CCCC1)[C@H](C)CN([C@H](C)CO)S2(=O)=O. The minimum atomic E-state index is -3.91. The quantitative estimate of drug-likeness (QED) is 0.561. The second-order valence-electron chi connectivity index (χ2n) is 10.6. The largest absolute Gasteiger partial charge is 0.487 e. The molecule has 36 heavy (non-hydrogen) atoms. The van der Waals surface area contributed by atoms with Crippen LogP contribution >= 0.6 is 0 Å². The number of benzene rings is 1. The highest BCUT2D eigenvalue weighted by atomic mass is 32.2. The van der Waals surface area contributed by atoms with E-state index in [4.69, 9.17) is 4.74 Å². The van der Waals surface area contributed by atoms with Crippen molar-refractivity contribution < 1.29 is 23.1 Å². The highest BCUT2D eigenvalue weighted by Gasteiger charge is 2.38. The molecule has 1 aromatic rings. The number of carbonyl (C=O) groups excluding carboxylic acids is 1. The maximum absolute atomic E-state index is 13.6. The standard InChI is InChI=1S/C27H41N3O5S/c1-19(2)9-8-10-22-13-14-26-24(15-22)35-25(17-29(5)27(32)28-23-11-6-7-12-23)20(3)16-30(21(4)18-31)36(26,33)34/h13-15,19-21,23,25,31H,6-7,9,11-12,16-18H2,1-5H3,(H,28,32)/t20-,21-,25+/m1/s1. The summed E-state index contributed by atoms with van der Waals surface area (Å²) in [5.74, 6) is 6.66. The number of carbonyl (C=O) groups is 1. The third-order valence-electron chi connectivity index (χ3n) is 6.89. The second-order valence-corrected chi connectivity index (χ2v) is 12.5. The Labute approximate surface area is 216 Å². The van der Waals surface area contributed by atoms with Crippen LogP contribution in [0, 0.1) is 23.7 Å². The summed E-state index contributed by atoms with van der Waals surface area (Å²) in [6.07, 6.45) is 4.53. The number of urea groups is 1. The zero-order valence-corrected chi connectivity index (χ0v) is 23.0. The zero-order chi connectivity index (χ0) is 26.5. The summed E-state index contributed by atoms with van der Waals surface area (Å²) in [7, 11) is -2.18. The molecule has 2 N–H and O–H groups in total. The third kappa shape index (κ3) is 6.93. The molecule has 2 amide bonds. The summed E-state index contributed by atoms with van der Waals surface area (Å²) >= 11 is 0. The average molecular weight is 520 g/mol. The Balaban J connectivity index is 1.93. The lowest BCUT2D eigenvalue weighted by molar-refractivity contribution is 0.0808. The van der Waals surface area contributed by atoms with Crippen LogP contribution < -0.4 is 10.1 Å². The van der Waals surface area contributed by atoms with Gasteiger partial charge in [-0.3, -0.25) is 0 Å². The summed E-state index contributed by atoms with van der Waals surface area (Å²) in [6.45, 7) is 7.95. The number of sulfonamides is 1. The van der Waals surface area contributed by atoms with Crippen LogP contribution in [0.4, 0.5) is 4.79 Å². The Morgan fingerprint density at radius 2 is 1.97 bits per heavy atom. The van der Waals surface area contributed by atoms with Crippen LogP contribution in [0.1, 0.15) is 65.4 Å². The van der Waals surface area contributed by atoms with Gasteiger partial charge >= 0.3 is 6.03 Å². The van der Waals surface area contributed by atoms with E-state index in [0.717, 1.165) is 32.1 Å². The van der Waals surface area contributed by atoms with Gasteiger partial charge in [-0.25, -0.2) is 13.2 Å². The zero-order valence-electron chi connectivity index (χ0n) is 22.2. The first-order valence-corrected chi connectivity index (χ1v) is 14.4. The summed E-state index contributed by atoms with van der Waals surface area (Å²) in [6, 6.07) is 4.35. The maximum atomic E-state index is 13.6. The summed E-state index contributed by atoms with van der Waals surface area (Å²) < 4.78 is 34.9. The van der Waals surface area contributed by atoms with E-state index in [-0.39, 0.29) is 41.8 Å². The van der Waals surface area contributed by atoms with Crippen LogP contribution in [-0.4, -0.2) is 73.7 Å². The molecule has 1 fully saturated rings. The topological polar surface area (TPSA) is 99.2 Å². The number of aliphatic hydroxyl groups excluding tert-OH is 1. The van der Waals surface area contributed by atoms with Gasteiger partial charge in [-0.2, -0.15) is 4.31 Å². The lowest BCUT2D eigenvalue weighted by Gasteiger charge is -2.37. The maximum Gasteiger partial charge on any atom is 0.317 e. The van der Waals surface area contributed by atoms with Gasteiger partial charge in [-0.1, -0.05) is 45.5 Å². The molecule has 0 spiro atoms. The van der Waals surface area contributed by atoms with E-state index in [9.17, 15) is 18.3 Å². The number of ether oxygens (including phenoxy) is 1. The Kier molecular flexibility index (Phi) is 9.67. The summed E-state index contributed by atoms with van der Waals surface area (Å²) in [5, 5.41) is 12.9. The monoisotopic (exact) mass is 519 g/mol. The van der Waals surface area contributed by atoms with Gasteiger partial charge in [0, 0.05) is 43.6 Å². The molecule has 1 heterocycles. The van der Waals surface area contributed by atoms with Gasteiger partial charge in [-0.05, 0) is 43.9 Å². The minimum absolute atomic E-state index is 0.0483. The van der Waals surface area contributed by atoms with Gasteiger partial charge in [-0.15, -0.1) is 0 Å². The van der Waals surface area contributed by atoms with Gasteiger partial charge in [0.05, 0.1) is 13.2 Å². The van der Waals surface area contributed by atoms with E-state index < -0.39 is 22.2 Å². The number of likely N-dealkylation sites (N-methyl/N-ethyl adjacent to an activating group) is 1. The number of hydrogen-bond acceptors (Lipinski definition) is 5. The highest BCUT2D eigenvalue weighted by Crippen LogP contribution is 2.34. The van der Waals surface area contributed by atoms with Crippen molar-refractivity contribution >= 4 is 16.1 Å². The van der Waals surface area contributed by atoms with Gasteiger partial charge < -0.3 is 20.1 Å². The Morgan fingerprint density at radius 3 is 2.61 bits per heavy atom. The number of nitrogens with zero attached hydrogens (tertiary/aromatic N) is 2. The number of amides is 2. The van der Waals surface area contributed by atoms with Crippen LogP contribution in [0.5, 0.6) is 5.75 Å². The normalized spacial score (nSPS) is 23.0. The molecule has 0 saturated heterocycles. The van der Waals surface area contributed by atoms with Crippen molar-refractivity contribution in [2.75, 3.05) is 26.7 Å². The molecular formula is C27H41N3O5S. The van der Waals surface area contributed by atoms with Crippen LogP contribution in [0.15, 0.2) is 23.1 Å². The summed E-state index contributed by atoms with van der Waals surface area (Å²) in [4.78, 5) is 14.5. The first-order valence-electron chi connectivity index (χ1n) is 13.0. The lowest BCUT2D eigenvalue weighted by Crippen LogP contribution is -2.51. The number of hydrogen-bond donors (Lipinski definition) is 2. The van der Waals surface area contributed by atoms with Gasteiger partial charge in [0.15, 0.2) is 0 Å². The van der Waals surface area contributed by atoms with Crippen LogP contribution in [0.3, 0.4) is 0 Å². The molecule has 200 valence electrons. The second kappa shape index (κ2) is 12.3. The van der Waals surface area contributed by atoms with Crippen LogP contribution in [0.2, 0.25) is 0 Å². The fourth-order valence-electron chi connectivity index (χ4n) is 4.59. The van der Waals surface area contributed by atoms with Crippen molar-refractivity contribution in [3.63, 3.8) is 0 Å². The Morgan fingerprint density at radius 1 is 1.28 bits per heavy atom. The van der Waals surface area contributed by atoms with E-state index in [1.54, 1.807) is 31.0 Å². The number of rotatable bonds is 6. The van der Waals surface area contributed by atoms with Gasteiger partial charge in [0.1, 0.15) is 16.7 Å². The predicted octanol–water partition coefficient (Wildman–Crippen LogP) is 3.44. The predicted molar refractivity (Wildman–Crippen MR) is 140 cm³/mol. The fourth-order valence-corrected chi connectivity index (χ4v) is 6.41. The van der Waals surface area contributed by atoms with E-state index in [0.29, 0.717) is 18.0 Å². The van der Waals surface area contributed by atoms with Crippen molar-refractivity contribution in [1.29, 1.82) is 0 Å². The molecule has 0 bridgehead atoms. The van der Waals surface area contributed by atoms with Gasteiger partial charge in [0.25, 0.3) is 0 Å². The van der Waals surface area contributed by atoms with Crippen LogP contribution in [0.25, 0.3) is 0 Å². The molecule has 8 nitrogen and oxygen atoms in total. The van der Waals surface area contributed by atoms with E-state index in [2.05, 4.69) is 31.0 Å². The first-order chi connectivity index (χ1) is 17.0. The van der Waals surface area contributed by atoms with Crippen molar-refractivity contribution in [1.82, 2.24) is 14.5 Å². The molecule has 0 radical (unpaired) electrons.